The largest absolute Gasteiger partial charge is 0.468 e. The average Bonchev–Trinajstić information content (AvgIpc) is 2.79. The highest BCUT2D eigenvalue weighted by Gasteiger charge is 2.17. The standard InChI is InChI=1S/C23H25ClN2O4/c1-29-22(27)21(26-24)15-14-19-12-10-18(11-13-19)7-5-6-16-25-23(28)30-17-20-8-3-2-4-9-20/h2-4,8-13,21,26H,6,14-17H2,1H3,(H,25,28)/t21-/m0/s1. The predicted molar refractivity (Wildman–Crippen MR) is 116 cm³/mol. The van der Waals surface area contributed by atoms with E-state index in [9.17, 15) is 9.59 Å². The number of benzene rings is 2. The van der Waals surface area contributed by atoms with Gasteiger partial charge in [-0.1, -0.05) is 54.3 Å². The van der Waals surface area contributed by atoms with Crippen molar-refractivity contribution in [3.63, 3.8) is 0 Å². The fraction of sp³-hybridized carbons (Fsp3) is 0.304. The Labute approximate surface area is 182 Å². The summed E-state index contributed by atoms with van der Waals surface area (Å²) in [5, 5.41) is 2.68. The van der Waals surface area contributed by atoms with Gasteiger partial charge in [-0.2, -0.15) is 0 Å². The number of amides is 1. The van der Waals surface area contributed by atoms with E-state index in [2.05, 4.69) is 26.7 Å². The first kappa shape index (κ1) is 23.3. The molecule has 0 aromatic heterocycles. The lowest BCUT2D eigenvalue weighted by Gasteiger charge is -2.11. The Balaban J connectivity index is 1.67. The van der Waals surface area contributed by atoms with E-state index in [1.54, 1.807) is 0 Å². The van der Waals surface area contributed by atoms with Gasteiger partial charge in [-0.25, -0.2) is 9.63 Å². The summed E-state index contributed by atoms with van der Waals surface area (Å²) in [7, 11) is 1.33. The minimum atomic E-state index is -0.539. The van der Waals surface area contributed by atoms with Crippen molar-refractivity contribution in [1.29, 1.82) is 0 Å². The Morgan fingerprint density at radius 2 is 1.80 bits per heavy atom. The molecule has 0 aliphatic heterocycles. The van der Waals surface area contributed by atoms with E-state index >= 15 is 0 Å². The number of ether oxygens (including phenoxy) is 2. The van der Waals surface area contributed by atoms with Crippen molar-refractivity contribution in [2.45, 2.75) is 31.9 Å². The van der Waals surface area contributed by atoms with Crippen molar-refractivity contribution >= 4 is 23.8 Å². The van der Waals surface area contributed by atoms with E-state index in [1.807, 2.05) is 54.6 Å². The molecule has 0 fully saturated rings. The van der Waals surface area contributed by atoms with Crippen LogP contribution >= 0.6 is 11.8 Å². The molecule has 0 aliphatic carbocycles. The second-order valence-electron chi connectivity index (χ2n) is 6.46. The molecule has 158 valence electrons. The number of hydrogen-bond acceptors (Lipinski definition) is 5. The highest BCUT2D eigenvalue weighted by Crippen LogP contribution is 2.09. The van der Waals surface area contributed by atoms with Crippen LogP contribution in [0.4, 0.5) is 4.79 Å². The molecule has 6 nitrogen and oxygen atoms in total. The van der Waals surface area contributed by atoms with Gasteiger partial charge in [-0.05, 0) is 47.9 Å². The van der Waals surface area contributed by atoms with Gasteiger partial charge in [0.1, 0.15) is 12.6 Å². The molecule has 0 saturated heterocycles. The highest BCUT2D eigenvalue weighted by molar-refractivity contribution is 6.14. The molecule has 2 aromatic rings. The van der Waals surface area contributed by atoms with Crippen molar-refractivity contribution in [3.8, 4) is 11.8 Å². The first-order valence-electron chi connectivity index (χ1n) is 9.58. The zero-order valence-corrected chi connectivity index (χ0v) is 17.6. The summed E-state index contributed by atoms with van der Waals surface area (Å²) >= 11 is 5.58. The molecule has 0 bridgehead atoms. The minimum Gasteiger partial charge on any atom is -0.468 e. The summed E-state index contributed by atoms with van der Waals surface area (Å²) < 4.78 is 9.82. The average molecular weight is 429 g/mol. The number of methoxy groups -OCH3 is 1. The minimum absolute atomic E-state index is 0.242. The molecule has 7 heteroatoms. The zero-order chi connectivity index (χ0) is 21.6. The smallest absolute Gasteiger partial charge is 0.407 e. The molecule has 0 radical (unpaired) electrons. The van der Waals surface area contributed by atoms with Crippen LogP contribution in [0.5, 0.6) is 0 Å². The molecule has 2 aromatic carbocycles. The van der Waals surface area contributed by atoms with Gasteiger partial charge in [0.15, 0.2) is 0 Å². The maximum Gasteiger partial charge on any atom is 0.407 e. The summed E-state index contributed by atoms with van der Waals surface area (Å²) in [6.45, 7) is 0.658. The van der Waals surface area contributed by atoms with Crippen LogP contribution in [0.1, 0.15) is 29.5 Å². The summed E-state index contributed by atoms with van der Waals surface area (Å²) in [6, 6.07) is 16.7. The molecule has 2 rings (SSSR count). The van der Waals surface area contributed by atoms with E-state index in [0.717, 1.165) is 16.7 Å². The van der Waals surface area contributed by atoms with Crippen LogP contribution in [0.15, 0.2) is 54.6 Å². The van der Waals surface area contributed by atoms with Gasteiger partial charge in [0.05, 0.1) is 7.11 Å². The normalized spacial score (nSPS) is 11.0. The Kier molecular flexibility index (Phi) is 10.3. The second-order valence-corrected chi connectivity index (χ2v) is 6.68. The van der Waals surface area contributed by atoms with Crippen LogP contribution in [0.25, 0.3) is 0 Å². The van der Waals surface area contributed by atoms with Gasteiger partial charge in [-0.3, -0.25) is 4.79 Å². The number of hydrogen-bond donors (Lipinski definition) is 2. The summed E-state index contributed by atoms with van der Waals surface area (Å²) in [5.41, 5.74) is 2.89. The molecule has 0 unspecified atom stereocenters. The third-order valence-electron chi connectivity index (χ3n) is 4.26. The van der Waals surface area contributed by atoms with Crippen molar-refractivity contribution in [2.75, 3.05) is 13.7 Å². The summed E-state index contributed by atoms with van der Waals surface area (Å²) in [5.74, 6) is 5.70. The first-order chi connectivity index (χ1) is 14.6. The van der Waals surface area contributed by atoms with Gasteiger partial charge in [-0.15, -0.1) is 0 Å². The van der Waals surface area contributed by atoms with Gasteiger partial charge in [0.25, 0.3) is 0 Å². The topological polar surface area (TPSA) is 76.7 Å². The molecular formula is C23H25ClN2O4. The second kappa shape index (κ2) is 13.3. The first-order valence-corrected chi connectivity index (χ1v) is 9.96. The third-order valence-corrected chi connectivity index (χ3v) is 4.52. The number of carbonyl (C=O) groups excluding carboxylic acids is 2. The van der Waals surface area contributed by atoms with Crippen molar-refractivity contribution in [3.05, 3.63) is 71.3 Å². The number of alkyl carbamates (subject to hydrolysis) is 1. The van der Waals surface area contributed by atoms with Crippen LogP contribution in [0.3, 0.4) is 0 Å². The Morgan fingerprint density at radius 3 is 2.47 bits per heavy atom. The summed E-state index contributed by atoms with van der Waals surface area (Å²) in [6.07, 6.45) is 1.28. The van der Waals surface area contributed by atoms with Gasteiger partial charge >= 0.3 is 12.1 Å². The molecule has 0 saturated carbocycles. The lowest BCUT2D eigenvalue weighted by molar-refractivity contribution is -0.142. The van der Waals surface area contributed by atoms with Crippen molar-refractivity contribution in [1.82, 2.24) is 10.2 Å². The number of halogens is 1. The molecule has 2 N–H and O–H groups in total. The zero-order valence-electron chi connectivity index (χ0n) is 16.8. The van der Waals surface area contributed by atoms with Crippen LogP contribution in [0.2, 0.25) is 0 Å². The maximum absolute atomic E-state index is 11.7. The van der Waals surface area contributed by atoms with E-state index < -0.39 is 12.1 Å². The molecule has 30 heavy (non-hydrogen) atoms. The predicted octanol–water partition coefficient (Wildman–Crippen LogP) is 3.57. The quantitative estimate of drug-likeness (QED) is 0.276. The molecular weight excluding hydrogens is 404 g/mol. The van der Waals surface area contributed by atoms with Gasteiger partial charge in [0, 0.05) is 18.5 Å². The van der Waals surface area contributed by atoms with Crippen LogP contribution in [-0.4, -0.2) is 31.8 Å². The highest BCUT2D eigenvalue weighted by atomic mass is 35.5. The lowest BCUT2D eigenvalue weighted by Crippen LogP contribution is -2.32. The van der Waals surface area contributed by atoms with Crippen LogP contribution < -0.4 is 10.2 Å². The van der Waals surface area contributed by atoms with Crippen LogP contribution in [0, 0.1) is 11.8 Å². The maximum atomic E-state index is 11.7. The Hall–Kier alpha value is -3.01. The van der Waals surface area contributed by atoms with E-state index in [0.29, 0.717) is 25.8 Å². The van der Waals surface area contributed by atoms with Crippen molar-refractivity contribution < 1.29 is 19.1 Å². The van der Waals surface area contributed by atoms with Gasteiger partial charge < -0.3 is 14.8 Å². The number of carbonyl (C=O) groups is 2. The fourth-order valence-corrected chi connectivity index (χ4v) is 2.79. The molecule has 0 heterocycles. The molecule has 0 aliphatic rings. The summed E-state index contributed by atoms with van der Waals surface area (Å²) in [4.78, 5) is 25.6. The van der Waals surface area contributed by atoms with Crippen molar-refractivity contribution in [2.24, 2.45) is 0 Å². The van der Waals surface area contributed by atoms with E-state index in [1.165, 1.54) is 7.11 Å². The number of esters is 1. The third kappa shape index (κ3) is 8.56. The Bertz CT molecular complexity index is 860. The molecule has 1 atom stereocenters. The van der Waals surface area contributed by atoms with E-state index in [4.69, 9.17) is 16.5 Å². The monoisotopic (exact) mass is 428 g/mol. The number of rotatable bonds is 9. The molecule has 0 spiro atoms. The van der Waals surface area contributed by atoms with Gasteiger partial charge in [0.2, 0.25) is 0 Å². The molecule has 1 amide bonds. The SMILES string of the molecule is COC(=O)[C@H](CCc1ccc(C#CCCNC(=O)OCc2ccccc2)cc1)NCl. The number of nitrogens with one attached hydrogen (secondary N) is 2. The fourth-order valence-electron chi connectivity index (χ4n) is 2.59. The Morgan fingerprint density at radius 1 is 1.07 bits per heavy atom. The van der Waals surface area contributed by atoms with E-state index in [-0.39, 0.29) is 12.6 Å². The number of aryl methyl sites for hydroxylation is 1. The lowest BCUT2D eigenvalue weighted by atomic mass is 10.0. The van der Waals surface area contributed by atoms with Crippen LogP contribution in [-0.2, 0) is 27.3 Å².